The molecule has 1 saturated heterocycles. The van der Waals surface area contributed by atoms with Crippen molar-refractivity contribution in [1.82, 2.24) is 10.6 Å². The summed E-state index contributed by atoms with van der Waals surface area (Å²) in [6.07, 6.45) is 2.01. The monoisotopic (exact) mass is 313 g/mol. The van der Waals surface area contributed by atoms with Crippen LogP contribution in [0.2, 0.25) is 0 Å². The van der Waals surface area contributed by atoms with E-state index in [2.05, 4.69) is 16.0 Å². The predicted molar refractivity (Wildman–Crippen MR) is 86.9 cm³/mol. The average molecular weight is 314 g/mol. The molecule has 5 nitrogen and oxygen atoms in total. The van der Waals surface area contributed by atoms with Gasteiger partial charge in [0, 0.05) is 25.9 Å². The zero-order chi connectivity index (χ0) is 14.2. The molecule has 0 bridgehead atoms. The number of benzene rings is 1. The first-order valence-electron chi connectivity index (χ1n) is 7.13. The minimum absolute atomic E-state index is 0. The molecule has 2 rings (SSSR count). The molecule has 1 atom stereocenters. The molecular weight excluding hydrogens is 290 g/mol. The van der Waals surface area contributed by atoms with Gasteiger partial charge in [-0.2, -0.15) is 0 Å². The number of rotatable bonds is 7. The molecule has 21 heavy (non-hydrogen) atoms. The van der Waals surface area contributed by atoms with Gasteiger partial charge in [-0.25, -0.2) is 0 Å². The highest BCUT2D eigenvalue weighted by Crippen LogP contribution is 2.14. The highest BCUT2D eigenvalue weighted by atomic mass is 35.5. The van der Waals surface area contributed by atoms with E-state index in [0.717, 1.165) is 37.2 Å². The fraction of sp³-hybridized carbons (Fsp3) is 0.533. The Morgan fingerprint density at radius 3 is 2.95 bits per heavy atom. The number of hydrogen-bond donors (Lipinski definition) is 3. The molecule has 1 unspecified atom stereocenters. The van der Waals surface area contributed by atoms with Gasteiger partial charge >= 0.3 is 0 Å². The van der Waals surface area contributed by atoms with Gasteiger partial charge in [0.15, 0.2) is 0 Å². The van der Waals surface area contributed by atoms with Gasteiger partial charge in [0.25, 0.3) is 0 Å². The van der Waals surface area contributed by atoms with Crippen LogP contribution in [0.5, 0.6) is 0 Å². The number of carbonyl (C=O) groups is 1. The lowest BCUT2D eigenvalue weighted by Gasteiger charge is -2.14. The van der Waals surface area contributed by atoms with E-state index in [1.807, 2.05) is 24.3 Å². The van der Waals surface area contributed by atoms with Gasteiger partial charge in [0.05, 0.1) is 12.6 Å². The standard InChI is InChI=1S/C15H23N3O2.ClH/c1-20-10-9-17-13-6-3-2-5-12(13)11-18-15(19)14-7-4-8-16-14;/h2-3,5-6,14,16-17H,4,7-11H2,1H3,(H,18,19);1H. The van der Waals surface area contributed by atoms with Crippen LogP contribution in [0.4, 0.5) is 5.69 Å². The summed E-state index contributed by atoms with van der Waals surface area (Å²) in [6.45, 7) is 2.90. The van der Waals surface area contributed by atoms with Crippen molar-refractivity contribution in [2.45, 2.75) is 25.4 Å². The number of methoxy groups -OCH3 is 1. The lowest BCUT2D eigenvalue weighted by Crippen LogP contribution is -2.40. The van der Waals surface area contributed by atoms with Crippen LogP contribution in [0.3, 0.4) is 0 Å². The van der Waals surface area contributed by atoms with Crippen LogP contribution < -0.4 is 16.0 Å². The van der Waals surface area contributed by atoms with E-state index in [9.17, 15) is 4.79 Å². The van der Waals surface area contributed by atoms with Crippen LogP contribution in [0.1, 0.15) is 18.4 Å². The fourth-order valence-corrected chi connectivity index (χ4v) is 2.35. The molecule has 1 aliphatic heterocycles. The topological polar surface area (TPSA) is 62.4 Å². The van der Waals surface area contributed by atoms with E-state index in [1.54, 1.807) is 7.11 Å². The number of nitrogens with one attached hydrogen (secondary N) is 3. The summed E-state index contributed by atoms with van der Waals surface area (Å²) in [4.78, 5) is 12.0. The third kappa shape index (κ3) is 5.53. The molecular formula is C15H24ClN3O2. The molecule has 0 aromatic heterocycles. The third-order valence-corrected chi connectivity index (χ3v) is 3.47. The van der Waals surface area contributed by atoms with Crippen molar-refractivity contribution in [3.63, 3.8) is 0 Å². The first-order chi connectivity index (χ1) is 9.81. The second-order valence-corrected chi connectivity index (χ2v) is 4.94. The summed E-state index contributed by atoms with van der Waals surface area (Å²) < 4.78 is 5.03. The molecule has 0 saturated carbocycles. The van der Waals surface area contributed by atoms with Crippen molar-refractivity contribution < 1.29 is 9.53 Å². The maximum Gasteiger partial charge on any atom is 0.237 e. The van der Waals surface area contributed by atoms with Crippen molar-refractivity contribution in [1.29, 1.82) is 0 Å². The smallest absolute Gasteiger partial charge is 0.237 e. The van der Waals surface area contributed by atoms with E-state index in [0.29, 0.717) is 13.2 Å². The molecule has 1 aromatic rings. The Bertz CT molecular complexity index is 437. The number of para-hydroxylation sites is 1. The van der Waals surface area contributed by atoms with Crippen LogP contribution in [-0.4, -0.2) is 38.8 Å². The summed E-state index contributed by atoms with van der Waals surface area (Å²) in [5.41, 5.74) is 2.14. The molecule has 1 aromatic carbocycles. The van der Waals surface area contributed by atoms with Crippen LogP contribution in [-0.2, 0) is 16.1 Å². The number of amides is 1. The van der Waals surface area contributed by atoms with E-state index < -0.39 is 0 Å². The molecule has 1 heterocycles. The molecule has 0 aliphatic carbocycles. The lowest BCUT2D eigenvalue weighted by molar-refractivity contribution is -0.122. The average Bonchev–Trinajstić information content (AvgIpc) is 3.00. The van der Waals surface area contributed by atoms with Crippen LogP contribution >= 0.6 is 12.4 Å². The van der Waals surface area contributed by atoms with Gasteiger partial charge < -0.3 is 20.7 Å². The molecule has 6 heteroatoms. The largest absolute Gasteiger partial charge is 0.383 e. The zero-order valence-corrected chi connectivity index (χ0v) is 13.2. The lowest BCUT2D eigenvalue weighted by atomic mass is 10.1. The summed E-state index contributed by atoms with van der Waals surface area (Å²) in [7, 11) is 1.68. The molecule has 3 N–H and O–H groups in total. The Labute approximate surface area is 132 Å². The summed E-state index contributed by atoms with van der Waals surface area (Å²) in [6, 6.07) is 7.99. The van der Waals surface area contributed by atoms with Crippen LogP contribution in [0.25, 0.3) is 0 Å². The number of anilines is 1. The second-order valence-electron chi connectivity index (χ2n) is 4.94. The number of carbonyl (C=O) groups excluding carboxylic acids is 1. The van der Waals surface area contributed by atoms with E-state index in [4.69, 9.17) is 4.74 Å². The second kappa shape index (κ2) is 9.60. The molecule has 118 valence electrons. The molecule has 0 spiro atoms. The van der Waals surface area contributed by atoms with Crippen molar-refractivity contribution in [2.24, 2.45) is 0 Å². The number of hydrogen-bond acceptors (Lipinski definition) is 4. The predicted octanol–water partition coefficient (Wildman–Crippen LogP) is 1.53. The maximum absolute atomic E-state index is 12.0. The van der Waals surface area contributed by atoms with Gasteiger partial charge in [-0.1, -0.05) is 18.2 Å². The third-order valence-electron chi connectivity index (χ3n) is 3.47. The van der Waals surface area contributed by atoms with E-state index >= 15 is 0 Å². The molecule has 0 radical (unpaired) electrons. The van der Waals surface area contributed by atoms with E-state index in [1.165, 1.54) is 0 Å². The van der Waals surface area contributed by atoms with Gasteiger partial charge in [-0.05, 0) is 31.0 Å². The Balaban J connectivity index is 0.00000220. The molecule has 1 aliphatic rings. The maximum atomic E-state index is 12.0. The zero-order valence-electron chi connectivity index (χ0n) is 12.4. The SMILES string of the molecule is COCCNc1ccccc1CNC(=O)C1CCCN1.Cl. The first-order valence-corrected chi connectivity index (χ1v) is 7.13. The van der Waals surface area contributed by atoms with Gasteiger partial charge in [0.2, 0.25) is 5.91 Å². The Hall–Kier alpha value is -1.30. The quantitative estimate of drug-likeness (QED) is 0.668. The summed E-state index contributed by atoms with van der Waals surface area (Å²) in [5, 5.41) is 9.52. The van der Waals surface area contributed by atoms with Crippen molar-refractivity contribution >= 4 is 24.0 Å². The van der Waals surface area contributed by atoms with Crippen LogP contribution in [0, 0.1) is 0 Å². The van der Waals surface area contributed by atoms with Crippen molar-refractivity contribution in [3.05, 3.63) is 29.8 Å². The van der Waals surface area contributed by atoms with Crippen molar-refractivity contribution in [2.75, 3.05) is 32.1 Å². The van der Waals surface area contributed by atoms with E-state index in [-0.39, 0.29) is 24.4 Å². The summed E-state index contributed by atoms with van der Waals surface area (Å²) in [5.74, 6) is 0.0918. The highest BCUT2D eigenvalue weighted by Gasteiger charge is 2.21. The molecule has 1 fully saturated rings. The summed E-state index contributed by atoms with van der Waals surface area (Å²) >= 11 is 0. The Morgan fingerprint density at radius 2 is 2.24 bits per heavy atom. The minimum Gasteiger partial charge on any atom is -0.383 e. The fourth-order valence-electron chi connectivity index (χ4n) is 2.35. The Morgan fingerprint density at radius 1 is 1.43 bits per heavy atom. The first kappa shape index (κ1) is 17.8. The highest BCUT2D eigenvalue weighted by molar-refractivity contribution is 5.85. The number of halogens is 1. The van der Waals surface area contributed by atoms with Gasteiger partial charge in [-0.15, -0.1) is 12.4 Å². The molecule has 1 amide bonds. The van der Waals surface area contributed by atoms with Gasteiger partial charge in [-0.3, -0.25) is 4.79 Å². The van der Waals surface area contributed by atoms with Gasteiger partial charge in [0.1, 0.15) is 0 Å². The Kier molecular flexibility index (Phi) is 8.12. The normalized spacial score (nSPS) is 17.1. The minimum atomic E-state index is -0.0244. The van der Waals surface area contributed by atoms with Crippen LogP contribution in [0.15, 0.2) is 24.3 Å². The number of ether oxygens (including phenoxy) is 1. The van der Waals surface area contributed by atoms with Crippen molar-refractivity contribution in [3.8, 4) is 0 Å².